The van der Waals surface area contributed by atoms with E-state index in [1.807, 2.05) is 31.2 Å². The molecule has 1 heterocycles. The lowest BCUT2D eigenvalue weighted by Crippen LogP contribution is -2.24. The van der Waals surface area contributed by atoms with Gasteiger partial charge in [0.15, 0.2) is 0 Å². The average molecular weight is 251 g/mol. The molecule has 0 bridgehead atoms. The van der Waals surface area contributed by atoms with E-state index >= 15 is 0 Å². The molecule has 0 aliphatic rings. The van der Waals surface area contributed by atoms with Crippen LogP contribution in [0.3, 0.4) is 0 Å². The molecule has 0 saturated carbocycles. The number of nitrogens with one attached hydrogen (secondary N) is 1. The molecule has 2 rings (SSSR count). The van der Waals surface area contributed by atoms with Crippen LogP contribution < -0.4 is 5.32 Å². The fraction of sp³-hybridized carbons (Fsp3) is 0.308. The Labute approximate surface area is 105 Å². The molecule has 0 spiro atoms. The second kappa shape index (κ2) is 5.45. The van der Waals surface area contributed by atoms with Crippen LogP contribution in [-0.4, -0.2) is 23.2 Å². The molecule has 2 N–H and O–H groups in total. The quantitative estimate of drug-likeness (QED) is 0.877. The van der Waals surface area contributed by atoms with Crippen molar-refractivity contribution in [3.8, 4) is 0 Å². The standard InChI is InChI=1S/C13H15ClN2O/c1-2-15-12(8-17)10-5-6-11(14)9-4-3-7-16-13(9)10/h3-7,12,15,17H,2,8H2,1H3. The van der Waals surface area contributed by atoms with Gasteiger partial charge in [-0.25, -0.2) is 0 Å². The summed E-state index contributed by atoms with van der Waals surface area (Å²) in [7, 11) is 0. The Kier molecular flexibility index (Phi) is 3.94. The fourth-order valence-corrected chi connectivity index (χ4v) is 2.18. The minimum atomic E-state index is -0.102. The Morgan fingerprint density at radius 3 is 2.94 bits per heavy atom. The number of aromatic nitrogens is 1. The molecule has 0 fully saturated rings. The Hall–Kier alpha value is -1.16. The van der Waals surface area contributed by atoms with Gasteiger partial charge in [-0.05, 0) is 30.3 Å². The van der Waals surface area contributed by atoms with Crippen molar-refractivity contribution in [3.63, 3.8) is 0 Å². The summed E-state index contributed by atoms with van der Waals surface area (Å²) in [5.41, 5.74) is 1.83. The van der Waals surface area contributed by atoms with Crippen LogP contribution >= 0.6 is 11.6 Å². The van der Waals surface area contributed by atoms with Gasteiger partial charge in [-0.2, -0.15) is 0 Å². The van der Waals surface area contributed by atoms with Gasteiger partial charge in [-0.15, -0.1) is 0 Å². The maximum absolute atomic E-state index is 9.42. The summed E-state index contributed by atoms with van der Waals surface area (Å²) in [4.78, 5) is 4.36. The van der Waals surface area contributed by atoms with Gasteiger partial charge in [0.1, 0.15) is 0 Å². The first-order chi connectivity index (χ1) is 8.27. The van der Waals surface area contributed by atoms with Crippen molar-refractivity contribution in [2.75, 3.05) is 13.2 Å². The Morgan fingerprint density at radius 2 is 2.24 bits per heavy atom. The third kappa shape index (κ3) is 2.41. The van der Waals surface area contributed by atoms with Gasteiger partial charge < -0.3 is 10.4 Å². The number of nitrogens with zero attached hydrogens (tertiary/aromatic N) is 1. The van der Waals surface area contributed by atoms with Gasteiger partial charge in [0.25, 0.3) is 0 Å². The molecule has 2 aromatic rings. The van der Waals surface area contributed by atoms with Gasteiger partial charge in [0.05, 0.1) is 18.2 Å². The van der Waals surface area contributed by atoms with E-state index in [2.05, 4.69) is 10.3 Å². The Morgan fingerprint density at radius 1 is 1.41 bits per heavy atom. The molecule has 17 heavy (non-hydrogen) atoms. The van der Waals surface area contributed by atoms with Crippen LogP contribution in [-0.2, 0) is 0 Å². The highest BCUT2D eigenvalue weighted by Gasteiger charge is 2.14. The van der Waals surface area contributed by atoms with Crippen molar-refractivity contribution >= 4 is 22.5 Å². The molecule has 4 heteroatoms. The van der Waals surface area contributed by atoms with Crippen LogP contribution in [0.2, 0.25) is 5.02 Å². The van der Waals surface area contributed by atoms with Crippen LogP contribution in [0.5, 0.6) is 0 Å². The lowest BCUT2D eigenvalue weighted by atomic mass is 10.0. The number of pyridine rings is 1. The van der Waals surface area contributed by atoms with Gasteiger partial charge in [0, 0.05) is 16.6 Å². The number of halogens is 1. The molecule has 1 unspecified atom stereocenters. The second-order valence-corrected chi connectivity index (χ2v) is 4.24. The van der Waals surface area contributed by atoms with Crippen LogP contribution in [0.25, 0.3) is 10.9 Å². The first kappa shape index (κ1) is 12.3. The van der Waals surface area contributed by atoms with Gasteiger partial charge in [-0.3, -0.25) is 4.98 Å². The predicted molar refractivity (Wildman–Crippen MR) is 70.3 cm³/mol. The number of aliphatic hydroxyl groups is 1. The normalized spacial score (nSPS) is 12.9. The average Bonchev–Trinajstić information content (AvgIpc) is 2.37. The lowest BCUT2D eigenvalue weighted by molar-refractivity contribution is 0.247. The SMILES string of the molecule is CCNC(CO)c1ccc(Cl)c2cccnc12. The maximum Gasteiger partial charge on any atom is 0.0765 e. The van der Waals surface area contributed by atoms with E-state index in [-0.39, 0.29) is 12.6 Å². The fourth-order valence-electron chi connectivity index (χ4n) is 1.96. The van der Waals surface area contributed by atoms with Crippen LogP contribution in [0.1, 0.15) is 18.5 Å². The summed E-state index contributed by atoms with van der Waals surface area (Å²) in [5, 5.41) is 14.2. The van der Waals surface area contributed by atoms with E-state index in [4.69, 9.17) is 11.6 Å². The van der Waals surface area contributed by atoms with E-state index in [0.29, 0.717) is 5.02 Å². The van der Waals surface area contributed by atoms with E-state index in [1.165, 1.54) is 0 Å². The molecule has 3 nitrogen and oxygen atoms in total. The summed E-state index contributed by atoms with van der Waals surface area (Å²) in [6.45, 7) is 2.84. The van der Waals surface area contributed by atoms with Crippen LogP contribution in [0.4, 0.5) is 0 Å². The van der Waals surface area contributed by atoms with Crippen molar-refractivity contribution in [1.29, 1.82) is 0 Å². The number of benzene rings is 1. The molecule has 0 aliphatic heterocycles. The first-order valence-electron chi connectivity index (χ1n) is 5.65. The third-order valence-electron chi connectivity index (χ3n) is 2.76. The highest BCUT2D eigenvalue weighted by Crippen LogP contribution is 2.28. The molecule has 1 aromatic heterocycles. The first-order valence-corrected chi connectivity index (χ1v) is 6.03. The highest BCUT2D eigenvalue weighted by molar-refractivity contribution is 6.35. The number of fused-ring (bicyclic) bond motifs is 1. The minimum Gasteiger partial charge on any atom is -0.394 e. The molecule has 1 atom stereocenters. The number of hydrogen-bond acceptors (Lipinski definition) is 3. The zero-order valence-corrected chi connectivity index (χ0v) is 10.4. The smallest absolute Gasteiger partial charge is 0.0765 e. The maximum atomic E-state index is 9.42. The largest absolute Gasteiger partial charge is 0.394 e. The zero-order chi connectivity index (χ0) is 12.3. The van der Waals surface area contributed by atoms with Crippen molar-refractivity contribution in [2.24, 2.45) is 0 Å². The molecule has 1 aromatic carbocycles. The summed E-state index contributed by atoms with van der Waals surface area (Å²) in [6, 6.07) is 7.46. The summed E-state index contributed by atoms with van der Waals surface area (Å²) >= 11 is 6.13. The Bertz CT molecular complexity index is 516. The summed E-state index contributed by atoms with van der Waals surface area (Å²) in [5.74, 6) is 0. The molecule has 90 valence electrons. The second-order valence-electron chi connectivity index (χ2n) is 3.83. The van der Waals surface area contributed by atoms with Gasteiger partial charge in [0.2, 0.25) is 0 Å². The van der Waals surface area contributed by atoms with E-state index in [0.717, 1.165) is 23.0 Å². The van der Waals surface area contributed by atoms with Crippen molar-refractivity contribution in [1.82, 2.24) is 10.3 Å². The highest BCUT2D eigenvalue weighted by atomic mass is 35.5. The van der Waals surface area contributed by atoms with Crippen LogP contribution in [0.15, 0.2) is 30.5 Å². The Balaban J connectivity index is 2.57. The number of rotatable bonds is 4. The number of likely N-dealkylation sites (N-methyl/N-ethyl adjacent to an activating group) is 1. The summed E-state index contributed by atoms with van der Waals surface area (Å²) in [6.07, 6.45) is 1.74. The summed E-state index contributed by atoms with van der Waals surface area (Å²) < 4.78 is 0. The zero-order valence-electron chi connectivity index (χ0n) is 9.65. The van der Waals surface area contributed by atoms with E-state index in [9.17, 15) is 5.11 Å². The molecule has 0 aliphatic carbocycles. The van der Waals surface area contributed by atoms with E-state index < -0.39 is 0 Å². The van der Waals surface area contributed by atoms with E-state index in [1.54, 1.807) is 6.20 Å². The molecular formula is C13H15ClN2O. The minimum absolute atomic E-state index is 0.0428. The van der Waals surface area contributed by atoms with Crippen molar-refractivity contribution in [2.45, 2.75) is 13.0 Å². The van der Waals surface area contributed by atoms with Crippen molar-refractivity contribution in [3.05, 3.63) is 41.0 Å². The topological polar surface area (TPSA) is 45.1 Å². The monoisotopic (exact) mass is 250 g/mol. The number of aliphatic hydroxyl groups excluding tert-OH is 1. The molecular weight excluding hydrogens is 236 g/mol. The molecule has 0 amide bonds. The molecule has 0 radical (unpaired) electrons. The third-order valence-corrected chi connectivity index (χ3v) is 3.09. The van der Waals surface area contributed by atoms with Gasteiger partial charge in [-0.1, -0.05) is 24.6 Å². The van der Waals surface area contributed by atoms with Crippen molar-refractivity contribution < 1.29 is 5.11 Å². The lowest BCUT2D eigenvalue weighted by Gasteiger charge is -2.17. The molecule has 0 saturated heterocycles. The predicted octanol–water partition coefficient (Wildman–Crippen LogP) is 2.53. The van der Waals surface area contributed by atoms with Gasteiger partial charge >= 0.3 is 0 Å². The van der Waals surface area contributed by atoms with Crippen LogP contribution in [0, 0.1) is 0 Å². The number of hydrogen-bond donors (Lipinski definition) is 2.